The topological polar surface area (TPSA) is 165 Å². The molecule has 11 heteroatoms. The van der Waals surface area contributed by atoms with E-state index in [0.29, 0.717) is 38.0 Å². The number of phenols is 1. The van der Waals surface area contributed by atoms with Gasteiger partial charge < -0.3 is 26.2 Å². The van der Waals surface area contributed by atoms with Crippen molar-refractivity contribution in [3.8, 4) is 16.9 Å². The van der Waals surface area contributed by atoms with Gasteiger partial charge in [-0.25, -0.2) is 4.39 Å². The van der Waals surface area contributed by atoms with E-state index in [-0.39, 0.29) is 29.7 Å². The van der Waals surface area contributed by atoms with Gasteiger partial charge in [0.05, 0.1) is 11.6 Å². The highest BCUT2D eigenvalue weighted by Gasteiger charge is 2.64. The summed E-state index contributed by atoms with van der Waals surface area (Å²) in [6.07, 6.45) is 0.470. The van der Waals surface area contributed by atoms with E-state index in [2.05, 4.69) is 4.90 Å². The first-order valence-corrected chi connectivity index (χ1v) is 14.8. The number of benzene rings is 2. The Bertz CT molecular complexity index is 1640. The van der Waals surface area contributed by atoms with Crippen LogP contribution < -0.4 is 5.73 Å². The number of rotatable bonds is 5. The Morgan fingerprint density at radius 1 is 1.11 bits per heavy atom. The van der Waals surface area contributed by atoms with Crippen LogP contribution >= 0.6 is 0 Å². The summed E-state index contributed by atoms with van der Waals surface area (Å²) < 4.78 is 13.7. The lowest BCUT2D eigenvalue weighted by molar-refractivity contribution is -0.153. The number of nitrogens with zero attached hydrogens (tertiary/aromatic N) is 2. The Labute approximate surface area is 253 Å². The fourth-order valence-electron chi connectivity index (χ4n) is 7.67. The second kappa shape index (κ2) is 10.8. The average molecular weight is 606 g/mol. The number of nitrogens with two attached hydrogens (primary N) is 1. The molecule has 6 N–H and O–H groups in total. The van der Waals surface area contributed by atoms with E-state index in [1.165, 1.54) is 11.0 Å². The number of primary amides is 1. The lowest BCUT2D eigenvalue weighted by atomic mass is 9.57. The lowest BCUT2D eigenvalue weighted by Gasteiger charge is -2.50. The molecule has 0 aromatic heterocycles. The maximum atomic E-state index is 14.1. The van der Waals surface area contributed by atoms with Crippen LogP contribution in [-0.4, -0.2) is 92.7 Å². The zero-order valence-electron chi connectivity index (χ0n) is 24.6. The average Bonchev–Trinajstić information content (AvgIpc) is 2.96. The van der Waals surface area contributed by atoms with E-state index in [1.54, 1.807) is 20.2 Å². The number of hydrogen-bond donors (Lipinski definition) is 5. The normalized spacial score (nSPS) is 27.8. The molecule has 6 rings (SSSR count). The molecule has 0 bridgehead atoms. The summed E-state index contributed by atoms with van der Waals surface area (Å²) in [5.41, 5.74) is 4.93. The summed E-state index contributed by atoms with van der Waals surface area (Å²) in [5, 5.41) is 45.2. The predicted octanol–water partition coefficient (Wildman–Crippen LogP) is 2.56. The highest BCUT2D eigenvalue weighted by molar-refractivity contribution is 6.24. The zero-order chi connectivity index (χ0) is 31.7. The molecular weight excluding hydrogens is 569 g/mol. The maximum absolute atomic E-state index is 14.1. The number of ketones is 2. The number of carbonyl (C=O) groups is 3. The minimum absolute atomic E-state index is 0.0193. The SMILES string of the molecule is CN(C)[C@@H]1C(=O)C(C(N)=O)=C(O)[C@@]2(O)C(=O)C3=C(O)c4c(O)ccc(-c5cccc(CN6CCC(F)CC6)c5)c4CC3CC12. The van der Waals surface area contributed by atoms with Crippen LogP contribution in [0, 0.1) is 11.8 Å². The Morgan fingerprint density at radius 3 is 2.48 bits per heavy atom. The van der Waals surface area contributed by atoms with Crippen molar-refractivity contribution in [1.82, 2.24) is 9.80 Å². The van der Waals surface area contributed by atoms with Crippen molar-refractivity contribution in [2.24, 2.45) is 17.6 Å². The van der Waals surface area contributed by atoms with Gasteiger partial charge in [0.15, 0.2) is 11.4 Å². The highest BCUT2D eigenvalue weighted by Crippen LogP contribution is 2.53. The molecular formula is C33H36FN3O7. The van der Waals surface area contributed by atoms with E-state index in [4.69, 9.17) is 5.73 Å². The highest BCUT2D eigenvalue weighted by atomic mass is 19.1. The van der Waals surface area contributed by atoms with Crippen LogP contribution in [0.5, 0.6) is 5.75 Å². The molecule has 2 aromatic carbocycles. The van der Waals surface area contributed by atoms with Gasteiger partial charge >= 0.3 is 0 Å². The van der Waals surface area contributed by atoms with Crippen molar-refractivity contribution in [3.05, 3.63) is 70.0 Å². The molecule has 2 unspecified atom stereocenters. The van der Waals surface area contributed by atoms with Gasteiger partial charge in [0.2, 0.25) is 5.78 Å². The Hall–Kier alpha value is -4.06. The molecule has 2 aromatic rings. The van der Waals surface area contributed by atoms with Gasteiger partial charge in [-0.2, -0.15) is 0 Å². The van der Waals surface area contributed by atoms with Gasteiger partial charge in [-0.3, -0.25) is 24.2 Å². The molecule has 3 aliphatic carbocycles. The third kappa shape index (κ3) is 4.53. The molecule has 0 radical (unpaired) electrons. The number of aromatic hydroxyl groups is 1. The standard InChI is InChI=1S/C33H36FN3O7/c1-36(2)27-22-14-18-13-21-20(17-5-3-4-16(12-17)15-37-10-8-19(34)9-11-37)6-7-23(38)25(21)28(39)24(18)30(41)33(22,44)31(42)26(29(27)40)32(35)43/h3-7,12,18-19,22,27,38-39,42,44H,8-11,13-15H2,1-2H3,(H2,35,43)/t18?,22?,27-,33-/m0/s1. The van der Waals surface area contributed by atoms with Gasteiger partial charge in [-0.15, -0.1) is 0 Å². The van der Waals surface area contributed by atoms with Gasteiger partial charge in [0, 0.05) is 31.1 Å². The summed E-state index contributed by atoms with van der Waals surface area (Å²) in [5.74, 6) is -6.80. The predicted molar refractivity (Wildman–Crippen MR) is 159 cm³/mol. The molecule has 10 nitrogen and oxygen atoms in total. The van der Waals surface area contributed by atoms with Crippen LogP contribution in [0.25, 0.3) is 16.9 Å². The molecule has 0 spiro atoms. The first-order chi connectivity index (χ1) is 20.8. The molecule has 4 atom stereocenters. The number of likely N-dealkylation sites (N-methyl/N-ethyl adjacent to an activating group) is 1. The minimum atomic E-state index is -2.68. The number of carbonyl (C=O) groups excluding carboxylic acids is 3. The number of halogens is 1. The van der Waals surface area contributed by atoms with Crippen molar-refractivity contribution < 1.29 is 39.2 Å². The number of hydrogen-bond acceptors (Lipinski definition) is 9. The third-order valence-electron chi connectivity index (χ3n) is 9.77. The van der Waals surface area contributed by atoms with Crippen molar-refractivity contribution >= 4 is 23.2 Å². The number of piperidine rings is 1. The number of fused-ring (bicyclic) bond motifs is 3. The molecule has 1 amide bonds. The zero-order valence-corrected chi connectivity index (χ0v) is 24.6. The van der Waals surface area contributed by atoms with E-state index >= 15 is 0 Å². The molecule has 1 saturated heterocycles. The largest absolute Gasteiger partial charge is 0.508 e. The molecule has 1 heterocycles. The molecule has 232 valence electrons. The van der Waals surface area contributed by atoms with E-state index in [9.17, 15) is 39.2 Å². The Kier molecular flexibility index (Phi) is 7.38. The third-order valence-corrected chi connectivity index (χ3v) is 9.77. The van der Waals surface area contributed by atoms with Crippen molar-refractivity contribution in [2.45, 2.75) is 50.0 Å². The van der Waals surface area contributed by atoms with Gasteiger partial charge in [-0.1, -0.05) is 24.3 Å². The number of aliphatic hydroxyl groups excluding tert-OH is 2. The summed E-state index contributed by atoms with van der Waals surface area (Å²) >= 11 is 0. The molecule has 44 heavy (non-hydrogen) atoms. The number of aliphatic hydroxyl groups is 3. The number of alkyl halides is 1. The molecule has 1 aliphatic heterocycles. The van der Waals surface area contributed by atoms with E-state index in [0.717, 1.165) is 16.7 Å². The van der Waals surface area contributed by atoms with Crippen LogP contribution in [0.1, 0.15) is 36.0 Å². The summed E-state index contributed by atoms with van der Waals surface area (Å²) in [6.45, 7) is 2.00. The Morgan fingerprint density at radius 2 is 1.82 bits per heavy atom. The van der Waals surface area contributed by atoms with Gasteiger partial charge in [0.25, 0.3) is 5.91 Å². The fraction of sp³-hybridized carbons (Fsp3) is 0.424. The summed E-state index contributed by atoms with van der Waals surface area (Å²) in [6, 6.07) is 9.89. The van der Waals surface area contributed by atoms with Crippen LogP contribution in [0.4, 0.5) is 4.39 Å². The quantitative estimate of drug-likeness (QED) is 0.322. The monoisotopic (exact) mass is 605 g/mol. The van der Waals surface area contributed by atoms with Crippen molar-refractivity contribution in [1.29, 1.82) is 0 Å². The number of Topliss-reactive ketones (excluding diaryl/α,β-unsaturated/α-hetero) is 2. The Balaban J connectivity index is 1.44. The summed E-state index contributed by atoms with van der Waals surface area (Å²) in [4.78, 5) is 43.2. The second-order valence-electron chi connectivity index (χ2n) is 12.6. The van der Waals surface area contributed by atoms with E-state index < -0.39 is 64.2 Å². The van der Waals surface area contributed by atoms with Crippen LogP contribution in [0.2, 0.25) is 0 Å². The number of phenolic OH excluding ortho intramolecular Hbond substituents is 1. The molecule has 4 aliphatic rings. The van der Waals surface area contributed by atoms with Crippen LogP contribution in [0.3, 0.4) is 0 Å². The van der Waals surface area contributed by atoms with Crippen molar-refractivity contribution in [3.63, 3.8) is 0 Å². The van der Waals surface area contributed by atoms with Gasteiger partial charge in [-0.05, 0) is 80.1 Å². The van der Waals surface area contributed by atoms with Crippen LogP contribution in [0.15, 0.2) is 53.3 Å². The number of amides is 1. The first-order valence-electron chi connectivity index (χ1n) is 14.8. The summed E-state index contributed by atoms with van der Waals surface area (Å²) in [7, 11) is 3.13. The number of likely N-dealkylation sites (tertiary alicyclic amines) is 1. The maximum Gasteiger partial charge on any atom is 0.255 e. The van der Waals surface area contributed by atoms with Crippen LogP contribution in [-0.2, 0) is 27.3 Å². The minimum Gasteiger partial charge on any atom is -0.508 e. The molecule has 1 saturated carbocycles. The fourth-order valence-corrected chi connectivity index (χ4v) is 7.67. The molecule has 2 fully saturated rings. The smallest absolute Gasteiger partial charge is 0.255 e. The first kappa shape index (κ1) is 30.0. The lowest BCUT2D eigenvalue weighted by Crippen LogP contribution is -2.65. The van der Waals surface area contributed by atoms with E-state index in [1.807, 2.05) is 24.3 Å². The van der Waals surface area contributed by atoms with Gasteiger partial charge in [0.1, 0.15) is 29.0 Å². The van der Waals surface area contributed by atoms with Crippen molar-refractivity contribution in [2.75, 3.05) is 27.2 Å². The second-order valence-corrected chi connectivity index (χ2v) is 12.6.